The molecule has 0 aliphatic carbocycles. The fraction of sp³-hybridized carbons (Fsp3) is 0.167. The number of hydrogen-bond acceptors (Lipinski definition) is 3. The van der Waals surface area contributed by atoms with E-state index in [2.05, 4.69) is 9.97 Å². The second-order valence-electron chi connectivity index (χ2n) is 3.53. The van der Waals surface area contributed by atoms with E-state index in [-0.39, 0.29) is 11.6 Å². The lowest BCUT2D eigenvalue weighted by atomic mass is 10.1. The van der Waals surface area contributed by atoms with Gasteiger partial charge in [-0.1, -0.05) is 0 Å². The Bertz CT molecular complexity index is 580. The lowest BCUT2D eigenvalue weighted by molar-refractivity contribution is 0.0685. The summed E-state index contributed by atoms with van der Waals surface area (Å²) < 4.78 is 18.7. The molecular weight excluding hydrogens is 239 g/mol. The van der Waals surface area contributed by atoms with Crippen LogP contribution in [0.3, 0.4) is 0 Å². The van der Waals surface area contributed by atoms with E-state index in [9.17, 15) is 9.18 Å². The molecule has 0 bridgehead atoms. The summed E-state index contributed by atoms with van der Waals surface area (Å²) >= 11 is 0. The van der Waals surface area contributed by atoms with Gasteiger partial charge < -0.3 is 14.8 Å². The van der Waals surface area contributed by atoms with Gasteiger partial charge in [0, 0.05) is 5.56 Å². The molecule has 0 spiro atoms. The molecule has 6 heteroatoms. The van der Waals surface area contributed by atoms with E-state index in [1.807, 2.05) is 0 Å². The number of hydrogen-bond donors (Lipinski definition) is 2. The van der Waals surface area contributed by atoms with Gasteiger partial charge in [0.25, 0.3) is 0 Å². The third-order valence-corrected chi connectivity index (χ3v) is 2.32. The number of H-pyrrole nitrogens is 1. The van der Waals surface area contributed by atoms with Crippen molar-refractivity contribution in [1.82, 2.24) is 9.97 Å². The van der Waals surface area contributed by atoms with Crippen LogP contribution in [-0.4, -0.2) is 27.7 Å². The highest BCUT2D eigenvalue weighted by atomic mass is 19.1. The molecule has 2 rings (SSSR count). The largest absolute Gasteiger partial charge is 0.491 e. The van der Waals surface area contributed by atoms with E-state index in [1.165, 1.54) is 18.3 Å². The van der Waals surface area contributed by atoms with Gasteiger partial charge >= 0.3 is 5.97 Å². The highest BCUT2D eigenvalue weighted by Gasteiger charge is 2.11. The van der Waals surface area contributed by atoms with Crippen molar-refractivity contribution in [2.45, 2.75) is 6.92 Å². The fourth-order valence-corrected chi connectivity index (χ4v) is 1.52. The summed E-state index contributed by atoms with van der Waals surface area (Å²) in [6.45, 7) is 2.14. The molecular formula is C12H11FN2O3. The molecule has 0 radical (unpaired) electrons. The maximum absolute atomic E-state index is 13.6. The van der Waals surface area contributed by atoms with Crippen LogP contribution in [0.2, 0.25) is 0 Å². The van der Waals surface area contributed by atoms with Gasteiger partial charge in [-0.3, -0.25) is 0 Å². The average molecular weight is 250 g/mol. The number of imidazole rings is 1. The van der Waals surface area contributed by atoms with Crippen molar-refractivity contribution < 1.29 is 19.0 Å². The highest BCUT2D eigenvalue weighted by molar-refractivity contribution is 5.84. The minimum atomic E-state index is -1.16. The minimum Gasteiger partial charge on any atom is -0.491 e. The maximum Gasteiger partial charge on any atom is 0.371 e. The van der Waals surface area contributed by atoms with Gasteiger partial charge in [0.1, 0.15) is 0 Å². The van der Waals surface area contributed by atoms with Crippen molar-refractivity contribution in [3.8, 4) is 17.0 Å². The first-order valence-electron chi connectivity index (χ1n) is 5.33. The smallest absolute Gasteiger partial charge is 0.371 e. The fourth-order valence-electron chi connectivity index (χ4n) is 1.52. The van der Waals surface area contributed by atoms with Crippen LogP contribution in [0, 0.1) is 5.82 Å². The van der Waals surface area contributed by atoms with E-state index in [1.54, 1.807) is 13.0 Å². The number of carboxylic acid groups (broad SMARTS) is 1. The second kappa shape index (κ2) is 4.87. The number of halogens is 1. The number of benzene rings is 1. The number of aromatic amines is 1. The lowest BCUT2D eigenvalue weighted by Crippen LogP contribution is -1.98. The molecule has 0 saturated heterocycles. The summed E-state index contributed by atoms with van der Waals surface area (Å²) in [5.41, 5.74) is 0.949. The molecule has 2 N–H and O–H groups in total. The minimum absolute atomic E-state index is 0.166. The van der Waals surface area contributed by atoms with Gasteiger partial charge in [0.05, 0.1) is 18.5 Å². The molecule has 2 aromatic rings. The molecule has 18 heavy (non-hydrogen) atoms. The van der Waals surface area contributed by atoms with Crippen LogP contribution >= 0.6 is 0 Å². The summed E-state index contributed by atoms with van der Waals surface area (Å²) in [6, 6.07) is 4.40. The first-order chi connectivity index (χ1) is 8.61. The molecule has 0 amide bonds. The molecule has 94 valence electrons. The van der Waals surface area contributed by atoms with Crippen LogP contribution in [0.15, 0.2) is 24.4 Å². The third-order valence-electron chi connectivity index (χ3n) is 2.32. The van der Waals surface area contributed by atoms with Crippen LogP contribution in [0.25, 0.3) is 11.3 Å². The molecule has 0 unspecified atom stereocenters. The summed E-state index contributed by atoms with van der Waals surface area (Å²) in [5.74, 6) is -1.67. The SMILES string of the molecule is CCOc1ccc(-c2cnc(C(=O)O)[nH]2)cc1F. The number of aromatic nitrogens is 2. The van der Waals surface area contributed by atoms with Gasteiger partial charge in [-0.05, 0) is 25.1 Å². The maximum atomic E-state index is 13.6. The van der Waals surface area contributed by atoms with E-state index in [0.717, 1.165) is 0 Å². The average Bonchev–Trinajstić information content (AvgIpc) is 2.81. The van der Waals surface area contributed by atoms with Gasteiger partial charge in [0.15, 0.2) is 11.6 Å². The predicted molar refractivity (Wildman–Crippen MR) is 62.1 cm³/mol. The monoisotopic (exact) mass is 250 g/mol. The normalized spacial score (nSPS) is 10.3. The van der Waals surface area contributed by atoms with Crippen molar-refractivity contribution >= 4 is 5.97 Å². The van der Waals surface area contributed by atoms with Crippen molar-refractivity contribution in [3.05, 3.63) is 36.0 Å². The van der Waals surface area contributed by atoms with Gasteiger partial charge in [-0.2, -0.15) is 0 Å². The Morgan fingerprint density at radius 2 is 2.33 bits per heavy atom. The summed E-state index contributed by atoms with van der Waals surface area (Å²) in [4.78, 5) is 16.9. The zero-order valence-electron chi connectivity index (χ0n) is 9.61. The third kappa shape index (κ3) is 2.32. The van der Waals surface area contributed by atoms with E-state index >= 15 is 0 Å². The lowest BCUT2D eigenvalue weighted by Gasteiger charge is -2.05. The van der Waals surface area contributed by atoms with Crippen molar-refractivity contribution in [2.24, 2.45) is 0 Å². The number of nitrogens with one attached hydrogen (secondary N) is 1. The number of ether oxygens (including phenoxy) is 1. The van der Waals surface area contributed by atoms with E-state index < -0.39 is 11.8 Å². The van der Waals surface area contributed by atoms with Gasteiger partial charge in [-0.15, -0.1) is 0 Å². The number of aromatic carboxylic acids is 1. The van der Waals surface area contributed by atoms with Crippen LogP contribution < -0.4 is 4.74 Å². The second-order valence-corrected chi connectivity index (χ2v) is 3.53. The Kier molecular flexibility index (Phi) is 3.27. The summed E-state index contributed by atoms with van der Waals surface area (Å²) in [7, 11) is 0. The number of carboxylic acids is 1. The van der Waals surface area contributed by atoms with Crippen LogP contribution in [0.4, 0.5) is 4.39 Å². The Hall–Kier alpha value is -2.37. The molecule has 0 aliphatic rings. The molecule has 0 atom stereocenters. The standard InChI is InChI=1S/C12H11FN2O3/c1-2-18-10-4-3-7(5-8(10)13)9-6-14-11(15-9)12(16)17/h3-6H,2H2,1H3,(H,14,15)(H,16,17). The Morgan fingerprint density at radius 3 is 2.89 bits per heavy atom. The number of carbonyl (C=O) groups is 1. The molecule has 0 aliphatic heterocycles. The quantitative estimate of drug-likeness (QED) is 0.873. The Morgan fingerprint density at radius 1 is 1.56 bits per heavy atom. The first-order valence-corrected chi connectivity index (χ1v) is 5.33. The molecule has 1 heterocycles. The molecule has 0 fully saturated rings. The summed E-state index contributed by atoms with van der Waals surface area (Å²) in [6.07, 6.45) is 1.35. The zero-order valence-corrected chi connectivity index (χ0v) is 9.61. The zero-order chi connectivity index (χ0) is 13.1. The Balaban J connectivity index is 2.33. The van der Waals surface area contributed by atoms with Crippen molar-refractivity contribution in [2.75, 3.05) is 6.61 Å². The highest BCUT2D eigenvalue weighted by Crippen LogP contribution is 2.24. The number of rotatable bonds is 4. The van der Waals surface area contributed by atoms with Crippen LogP contribution in [0.1, 0.15) is 17.5 Å². The molecule has 5 nitrogen and oxygen atoms in total. The number of nitrogens with zero attached hydrogens (tertiary/aromatic N) is 1. The van der Waals surface area contributed by atoms with Crippen molar-refractivity contribution in [3.63, 3.8) is 0 Å². The predicted octanol–water partition coefficient (Wildman–Crippen LogP) is 2.31. The molecule has 1 aromatic heterocycles. The van der Waals surface area contributed by atoms with Crippen LogP contribution in [0.5, 0.6) is 5.75 Å². The first kappa shape index (κ1) is 12.1. The molecule has 1 aromatic carbocycles. The summed E-state index contributed by atoms with van der Waals surface area (Å²) in [5, 5.41) is 8.73. The van der Waals surface area contributed by atoms with Crippen molar-refractivity contribution in [1.29, 1.82) is 0 Å². The van der Waals surface area contributed by atoms with Crippen LogP contribution in [-0.2, 0) is 0 Å². The topological polar surface area (TPSA) is 75.2 Å². The van der Waals surface area contributed by atoms with Gasteiger partial charge in [-0.25, -0.2) is 14.2 Å². The Labute approximate surface area is 102 Å². The van der Waals surface area contributed by atoms with Gasteiger partial charge in [0.2, 0.25) is 5.82 Å². The van der Waals surface area contributed by atoms with E-state index in [4.69, 9.17) is 9.84 Å². The molecule has 0 saturated carbocycles. The van der Waals surface area contributed by atoms with E-state index in [0.29, 0.717) is 17.9 Å².